The van der Waals surface area contributed by atoms with E-state index in [2.05, 4.69) is 15.3 Å². The Kier molecular flexibility index (Phi) is 4.78. The highest BCUT2D eigenvalue weighted by atomic mass is 16.5. The van der Waals surface area contributed by atoms with E-state index in [9.17, 15) is 4.79 Å². The molecule has 100 valence electrons. The molecule has 0 bridgehead atoms. The van der Waals surface area contributed by atoms with Gasteiger partial charge in [0.15, 0.2) is 0 Å². The first-order valence-electron chi connectivity index (χ1n) is 5.93. The summed E-state index contributed by atoms with van der Waals surface area (Å²) in [7, 11) is 1.40. The van der Waals surface area contributed by atoms with Gasteiger partial charge < -0.3 is 4.74 Å². The van der Waals surface area contributed by atoms with Crippen molar-refractivity contribution in [3.05, 3.63) is 23.8 Å². The molecular weight excluding hydrogens is 230 g/mol. The first-order chi connectivity index (χ1) is 8.34. The zero-order valence-corrected chi connectivity index (χ0v) is 11.7. The molecule has 1 aromatic heterocycles. The largest absolute Gasteiger partial charge is 0.468 e. The first-order valence-corrected chi connectivity index (χ1v) is 5.93. The van der Waals surface area contributed by atoms with Crippen molar-refractivity contribution in [1.29, 1.82) is 0 Å². The van der Waals surface area contributed by atoms with Crippen molar-refractivity contribution < 1.29 is 9.53 Å². The second kappa shape index (κ2) is 5.91. The Hall–Kier alpha value is -1.49. The number of aryl methyl sites for hydroxylation is 1. The maximum absolute atomic E-state index is 11.7. The number of hydrogen-bond donors (Lipinski definition) is 1. The molecule has 0 radical (unpaired) electrons. The van der Waals surface area contributed by atoms with Gasteiger partial charge in [0, 0.05) is 18.9 Å². The Morgan fingerprint density at radius 1 is 1.39 bits per heavy atom. The highest BCUT2D eigenvalue weighted by Crippen LogP contribution is 2.20. The molecule has 5 nitrogen and oxygen atoms in total. The van der Waals surface area contributed by atoms with E-state index in [0.717, 1.165) is 11.4 Å². The number of carbonyl (C=O) groups excluding carboxylic acids is 1. The summed E-state index contributed by atoms with van der Waals surface area (Å²) in [4.78, 5) is 20.1. The Bertz CT molecular complexity index is 396. The van der Waals surface area contributed by atoms with Crippen LogP contribution in [0.3, 0.4) is 0 Å². The van der Waals surface area contributed by atoms with E-state index in [1.807, 2.05) is 27.7 Å². The van der Waals surface area contributed by atoms with Crippen LogP contribution in [-0.2, 0) is 16.1 Å². The first kappa shape index (κ1) is 14.6. The summed E-state index contributed by atoms with van der Waals surface area (Å²) < 4.78 is 4.81. The molecule has 1 aromatic rings. The molecule has 0 spiro atoms. The van der Waals surface area contributed by atoms with Crippen molar-refractivity contribution in [2.24, 2.45) is 5.41 Å². The van der Waals surface area contributed by atoms with Crippen LogP contribution in [0.25, 0.3) is 0 Å². The second-order valence-electron chi connectivity index (χ2n) is 5.35. The van der Waals surface area contributed by atoms with Gasteiger partial charge in [-0.3, -0.25) is 20.1 Å². The van der Waals surface area contributed by atoms with Gasteiger partial charge in [0.1, 0.15) is 6.04 Å². The number of nitrogens with zero attached hydrogens (tertiary/aromatic N) is 2. The van der Waals surface area contributed by atoms with Gasteiger partial charge in [-0.1, -0.05) is 20.8 Å². The lowest BCUT2D eigenvalue weighted by Crippen LogP contribution is -2.46. The third-order valence-electron chi connectivity index (χ3n) is 2.62. The van der Waals surface area contributed by atoms with Crippen LogP contribution >= 0.6 is 0 Å². The molecule has 18 heavy (non-hydrogen) atoms. The van der Waals surface area contributed by atoms with E-state index >= 15 is 0 Å². The number of esters is 1. The highest BCUT2D eigenvalue weighted by molar-refractivity contribution is 5.76. The monoisotopic (exact) mass is 251 g/mol. The Balaban J connectivity index is 2.68. The lowest BCUT2D eigenvalue weighted by molar-refractivity contribution is -0.146. The number of nitrogens with one attached hydrogen (secondary N) is 1. The van der Waals surface area contributed by atoms with Crippen LogP contribution < -0.4 is 5.32 Å². The molecule has 1 heterocycles. The molecule has 0 aliphatic rings. The molecule has 0 fully saturated rings. The lowest BCUT2D eigenvalue weighted by atomic mass is 9.86. The molecule has 5 heteroatoms. The highest BCUT2D eigenvalue weighted by Gasteiger charge is 2.31. The summed E-state index contributed by atoms with van der Waals surface area (Å²) >= 11 is 0. The van der Waals surface area contributed by atoms with Gasteiger partial charge in [-0.05, 0) is 12.3 Å². The summed E-state index contributed by atoms with van der Waals surface area (Å²) in [5, 5.41) is 3.17. The minimum absolute atomic E-state index is 0.217. The molecule has 0 aromatic carbocycles. The average Bonchev–Trinajstić information content (AvgIpc) is 2.29. The van der Waals surface area contributed by atoms with Crippen LogP contribution in [0.15, 0.2) is 12.4 Å². The normalized spacial score (nSPS) is 13.2. The van der Waals surface area contributed by atoms with Gasteiger partial charge in [0.05, 0.1) is 18.5 Å². The van der Waals surface area contributed by atoms with E-state index in [0.29, 0.717) is 6.54 Å². The molecule has 0 saturated heterocycles. The molecule has 0 saturated carbocycles. The van der Waals surface area contributed by atoms with E-state index in [1.54, 1.807) is 12.4 Å². The maximum atomic E-state index is 11.7. The van der Waals surface area contributed by atoms with Crippen molar-refractivity contribution in [3.63, 3.8) is 0 Å². The van der Waals surface area contributed by atoms with Crippen LogP contribution in [-0.4, -0.2) is 29.1 Å². The SMILES string of the molecule is COC(=O)[C@@H](NCc1cnc(C)cn1)C(C)(C)C. The zero-order valence-electron chi connectivity index (χ0n) is 11.7. The van der Waals surface area contributed by atoms with E-state index in [4.69, 9.17) is 4.74 Å². The van der Waals surface area contributed by atoms with Crippen molar-refractivity contribution >= 4 is 5.97 Å². The van der Waals surface area contributed by atoms with E-state index in [1.165, 1.54) is 7.11 Å². The third-order valence-corrected chi connectivity index (χ3v) is 2.62. The Labute approximate surface area is 108 Å². The quantitative estimate of drug-likeness (QED) is 0.821. The van der Waals surface area contributed by atoms with Gasteiger partial charge in [-0.25, -0.2) is 0 Å². The third kappa shape index (κ3) is 4.07. The van der Waals surface area contributed by atoms with Crippen LogP contribution in [0, 0.1) is 12.3 Å². The number of ether oxygens (including phenoxy) is 1. The molecule has 0 aliphatic heterocycles. The van der Waals surface area contributed by atoms with Gasteiger partial charge in [0.25, 0.3) is 0 Å². The van der Waals surface area contributed by atoms with Crippen molar-refractivity contribution in [1.82, 2.24) is 15.3 Å². The summed E-state index contributed by atoms with van der Waals surface area (Å²) in [6.07, 6.45) is 3.42. The molecule has 1 N–H and O–H groups in total. The predicted molar refractivity (Wildman–Crippen MR) is 68.9 cm³/mol. The van der Waals surface area contributed by atoms with Crippen LogP contribution in [0.5, 0.6) is 0 Å². The number of hydrogen-bond acceptors (Lipinski definition) is 5. The summed E-state index contributed by atoms with van der Waals surface area (Å²) in [6, 6.07) is -0.370. The topological polar surface area (TPSA) is 64.1 Å². The van der Waals surface area contributed by atoms with Gasteiger partial charge in [0.2, 0.25) is 0 Å². The predicted octanol–water partition coefficient (Wildman–Crippen LogP) is 1.46. The summed E-state index contributed by atoms with van der Waals surface area (Å²) in [5.41, 5.74) is 1.46. The molecular formula is C13H21N3O2. The number of rotatable bonds is 4. The van der Waals surface area contributed by atoms with Crippen LogP contribution in [0.1, 0.15) is 32.2 Å². The Morgan fingerprint density at radius 2 is 2.06 bits per heavy atom. The molecule has 0 amide bonds. The standard InChI is InChI=1S/C13H21N3O2/c1-9-6-15-10(7-14-9)8-16-11(12(17)18-5)13(2,3)4/h6-7,11,16H,8H2,1-5H3/t11-/m1/s1. The average molecular weight is 251 g/mol. The second-order valence-corrected chi connectivity index (χ2v) is 5.35. The van der Waals surface area contributed by atoms with Gasteiger partial charge in [-0.15, -0.1) is 0 Å². The summed E-state index contributed by atoms with van der Waals surface area (Å²) in [6.45, 7) is 8.34. The fourth-order valence-corrected chi connectivity index (χ4v) is 1.58. The van der Waals surface area contributed by atoms with Gasteiger partial charge in [-0.2, -0.15) is 0 Å². The zero-order chi connectivity index (χ0) is 13.8. The van der Waals surface area contributed by atoms with Crippen molar-refractivity contribution in [2.45, 2.75) is 40.3 Å². The molecule has 0 aliphatic carbocycles. The summed E-state index contributed by atoms with van der Waals surface area (Å²) in [5.74, 6) is -0.262. The molecule has 0 unspecified atom stereocenters. The van der Waals surface area contributed by atoms with Crippen LogP contribution in [0.2, 0.25) is 0 Å². The van der Waals surface area contributed by atoms with Crippen molar-refractivity contribution in [3.8, 4) is 0 Å². The van der Waals surface area contributed by atoms with Crippen molar-refractivity contribution in [2.75, 3.05) is 7.11 Å². The fourth-order valence-electron chi connectivity index (χ4n) is 1.58. The molecule has 1 rings (SSSR count). The van der Waals surface area contributed by atoms with E-state index in [-0.39, 0.29) is 17.4 Å². The number of methoxy groups -OCH3 is 1. The minimum Gasteiger partial charge on any atom is -0.468 e. The fraction of sp³-hybridized carbons (Fsp3) is 0.615. The van der Waals surface area contributed by atoms with Gasteiger partial charge >= 0.3 is 5.97 Å². The number of aromatic nitrogens is 2. The smallest absolute Gasteiger partial charge is 0.323 e. The maximum Gasteiger partial charge on any atom is 0.323 e. The minimum atomic E-state index is -0.370. The lowest BCUT2D eigenvalue weighted by Gasteiger charge is -2.29. The Morgan fingerprint density at radius 3 is 2.50 bits per heavy atom. The van der Waals surface area contributed by atoms with Crippen LogP contribution in [0.4, 0.5) is 0 Å². The van der Waals surface area contributed by atoms with E-state index < -0.39 is 0 Å². The number of carbonyl (C=O) groups is 1. The molecule has 1 atom stereocenters.